The van der Waals surface area contributed by atoms with Crippen molar-refractivity contribution >= 4 is 15.9 Å². The minimum absolute atomic E-state index is 0.0277. The lowest BCUT2D eigenvalue weighted by molar-refractivity contribution is 0.753. The molecular weight excluding hydrogens is 292 g/mol. The van der Waals surface area contributed by atoms with Crippen molar-refractivity contribution in [3.05, 3.63) is 68.0 Å². The van der Waals surface area contributed by atoms with Crippen molar-refractivity contribution in [3.8, 4) is 6.07 Å². The molecule has 0 aliphatic carbocycles. The van der Waals surface area contributed by atoms with E-state index >= 15 is 0 Å². The number of rotatable bonds is 2. The molecule has 90 valence electrons. The lowest BCUT2D eigenvalue weighted by Crippen LogP contribution is -2.19. The molecule has 0 bridgehead atoms. The van der Waals surface area contributed by atoms with Gasteiger partial charge in [-0.05, 0) is 46.1 Å². The molecule has 18 heavy (non-hydrogen) atoms. The first-order valence-corrected chi connectivity index (χ1v) is 6.25. The molecule has 0 N–H and O–H groups in total. The van der Waals surface area contributed by atoms with E-state index in [0.29, 0.717) is 12.1 Å². The van der Waals surface area contributed by atoms with Crippen LogP contribution >= 0.6 is 15.9 Å². The van der Waals surface area contributed by atoms with Gasteiger partial charge in [0.1, 0.15) is 0 Å². The molecule has 0 aliphatic heterocycles. The number of hydrogen-bond acceptors (Lipinski definition) is 2. The van der Waals surface area contributed by atoms with Crippen LogP contribution in [0.4, 0.5) is 0 Å². The number of halogens is 1. The molecule has 2 aromatic rings. The number of aromatic nitrogens is 1. The Morgan fingerprint density at radius 3 is 2.61 bits per heavy atom. The maximum atomic E-state index is 11.8. The normalized spacial score (nSPS) is 10.1. The first kappa shape index (κ1) is 12.6. The molecule has 1 aromatic heterocycles. The second-order valence-corrected chi connectivity index (χ2v) is 4.93. The van der Waals surface area contributed by atoms with Crippen LogP contribution in [-0.4, -0.2) is 4.57 Å². The van der Waals surface area contributed by atoms with Gasteiger partial charge in [-0.25, -0.2) is 0 Å². The molecule has 0 aliphatic rings. The fourth-order valence-electron chi connectivity index (χ4n) is 1.64. The second kappa shape index (κ2) is 5.19. The van der Waals surface area contributed by atoms with Crippen molar-refractivity contribution in [2.24, 2.45) is 0 Å². The molecule has 3 nitrogen and oxygen atoms in total. The van der Waals surface area contributed by atoms with Crippen molar-refractivity contribution < 1.29 is 0 Å². The number of nitrogens with zero attached hydrogens (tertiary/aromatic N) is 2. The molecular formula is C14H11BrN2O. The Morgan fingerprint density at radius 1 is 1.33 bits per heavy atom. The Balaban J connectivity index is 2.31. The molecule has 0 amide bonds. The highest BCUT2D eigenvalue weighted by molar-refractivity contribution is 9.10. The summed E-state index contributed by atoms with van der Waals surface area (Å²) in [6, 6.07) is 10.9. The van der Waals surface area contributed by atoms with Crippen LogP contribution in [0.15, 0.2) is 45.8 Å². The van der Waals surface area contributed by atoms with Gasteiger partial charge >= 0.3 is 0 Å². The number of nitriles is 1. The van der Waals surface area contributed by atoms with E-state index in [-0.39, 0.29) is 5.56 Å². The van der Waals surface area contributed by atoms with Gasteiger partial charge in [-0.2, -0.15) is 5.26 Å². The van der Waals surface area contributed by atoms with Crippen LogP contribution in [0, 0.1) is 18.3 Å². The third-order valence-corrected chi connectivity index (χ3v) is 3.54. The average molecular weight is 303 g/mol. The summed E-state index contributed by atoms with van der Waals surface area (Å²) in [5.74, 6) is 0. The molecule has 0 atom stereocenters. The summed E-state index contributed by atoms with van der Waals surface area (Å²) >= 11 is 3.41. The smallest absolute Gasteiger partial charge is 0.251 e. The van der Waals surface area contributed by atoms with E-state index in [0.717, 1.165) is 15.6 Å². The van der Waals surface area contributed by atoms with E-state index in [9.17, 15) is 4.79 Å². The maximum Gasteiger partial charge on any atom is 0.251 e. The predicted octanol–water partition coefficient (Wildman–Crippen LogP) is 2.84. The molecule has 1 heterocycles. The monoisotopic (exact) mass is 302 g/mol. The van der Waals surface area contributed by atoms with E-state index in [1.165, 1.54) is 0 Å². The first-order chi connectivity index (χ1) is 8.60. The minimum atomic E-state index is -0.0277. The van der Waals surface area contributed by atoms with Gasteiger partial charge in [0.05, 0.1) is 18.2 Å². The van der Waals surface area contributed by atoms with Gasteiger partial charge in [0.15, 0.2) is 0 Å². The maximum absolute atomic E-state index is 11.8. The third-order valence-electron chi connectivity index (χ3n) is 2.70. The molecule has 0 saturated carbocycles. The summed E-state index contributed by atoms with van der Waals surface area (Å²) in [7, 11) is 0. The number of benzene rings is 1. The second-order valence-electron chi connectivity index (χ2n) is 4.08. The SMILES string of the molecule is Cc1cc(=O)n(Cc2ccc(C#N)cc2)cc1Br. The van der Waals surface area contributed by atoms with E-state index in [4.69, 9.17) is 5.26 Å². The molecule has 0 radical (unpaired) electrons. The van der Waals surface area contributed by atoms with Gasteiger partial charge in [-0.1, -0.05) is 12.1 Å². The molecule has 0 fully saturated rings. The van der Waals surface area contributed by atoms with E-state index < -0.39 is 0 Å². The van der Waals surface area contributed by atoms with E-state index in [2.05, 4.69) is 22.0 Å². The van der Waals surface area contributed by atoms with Gasteiger partial charge in [-0.15, -0.1) is 0 Å². The van der Waals surface area contributed by atoms with Gasteiger partial charge < -0.3 is 4.57 Å². The van der Waals surface area contributed by atoms with Gasteiger partial charge in [0.25, 0.3) is 5.56 Å². The van der Waals surface area contributed by atoms with Crippen LogP contribution in [0.1, 0.15) is 16.7 Å². The molecule has 0 saturated heterocycles. The molecule has 1 aromatic carbocycles. The summed E-state index contributed by atoms with van der Waals surface area (Å²) in [4.78, 5) is 11.8. The summed E-state index contributed by atoms with van der Waals surface area (Å²) in [6.07, 6.45) is 1.79. The Bertz CT molecular complexity index is 666. The van der Waals surface area contributed by atoms with Crippen LogP contribution in [0.5, 0.6) is 0 Å². The molecule has 0 unspecified atom stereocenters. The Labute approximate surface area is 113 Å². The van der Waals surface area contributed by atoms with Crippen LogP contribution in [0.2, 0.25) is 0 Å². The van der Waals surface area contributed by atoms with Crippen molar-refractivity contribution in [2.45, 2.75) is 13.5 Å². The summed E-state index contributed by atoms with van der Waals surface area (Å²) in [5, 5.41) is 8.72. The van der Waals surface area contributed by atoms with Crippen LogP contribution in [-0.2, 0) is 6.54 Å². The third kappa shape index (κ3) is 2.69. The van der Waals surface area contributed by atoms with Crippen molar-refractivity contribution in [1.82, 2.24) is 4.57 Å². The Morgan fingerprint density at radius 2 is 2.00 bits per heavy atom. The van der Waals surface area contributed by atoms with Crippen LogP contribution in [0.25, 0.3) is 0 Å². The van der Waals surface area contributed by atoms with Gasteiger partial charge in [0.2, 0.25) is 0 Å². The van der Waals surface area contributed by atoms with Crippen molar-refractivity contribution in [3.63, 3.8) is 0 Å². The van der Waals surface area contributed by atoms with E-state index in [1.807, 2.05) is 19.1 Å². The highest BCUT2D eigenvalue weighted by atomic mass is 79.9. The number of aryl methyl sites for hydroxylation is 1. The van der Waals surface area contributed by atoms with Gasteiger partial charge in [-0.3, -0.25) is 4.79 Å². The van der Waals surface area contributed by atoms with Crippen molar-refractivity contribution in [1.29, 1.82) is 5.26 Å². The van der Waals surface area contributed by atoms with Gasteiger partial charge in [0, 0.05) is 16.7 Å². The first-order valence-electron chi connectivity index (χ1n) is 5.46. The summed E-state index contributed by atoms with van der Waals surface area (Å²) < 4.78 is 2.55. The average Bonchev–Trinajstić information content (AvgIpc) is 2.37. The Kier molecular flexibility index (Phi) is 3.63. The fraction of sp³-hybridized carbons (Fsp3) is 0.143. The highest BCUT2D eigenvalue weighted by Crippen LogP contribution is 2.13. The standard InChI is InChI=1S/C14H11BrN2O/c1-10-6-14(18)17(9-13(10)15)8-12-4-2-11(7-16)3-5-12/h2-6,9H,8H2,1H3. The van der Waals surface area contributed by atoms with E-state index in [1.54, 1.807) is 29.0 Å². The predicted molar refractivity (Wildman–Crippen MR) is 73.4 cm³/mol. The Hall–Kier alpha value is -1.86. The van der Waals surface area contributed by atoms with Crippen LogP contribution < -0.4 is 5.56 Å². The number of pyridine rings is 1. The van der Waals surface area contributed by atoms with Crippen molar-refractivity contribution in [2.75, 3.05) is 0 Å². The zero-order chi connectivity index (χ0) is 13.1. The zero-order valence-electron chi connectivity index (χ0n) is 9.85. The summed E-state index contributed by atoms with van der Waals surface area (Å²) in [5.41, 5.74) is 2.51. The topological polar surface area (TPSA) is 45.8 Å². The highest BCUT2D eigenvalue weighted by Gasteiger charge is 2.02. The fourth-order valence-corrected chi connectivity index (χ4v) is 2.01. The molecule has 4 heteroatoms. The summed E-state index contributed by atoms with van der Waals surface area (Å²) in [6.45, 7) is 2.39. The van der Waals surface area contributed by atoms with Crippen LogP contribution in [0.3, 0.4) is 0 Å². The number of hydrogen-bond donors (Lipinski definition) is 0. The molecule has 2 rings (SSSR count). The quantitative estimate of drug-likeness (QED) is 0.856. The lowest BCUT2D eigenvalue weighted by atomic mass is 10.1. The lowest BCUT2D eigenvalue weighted by Gasteiger charge is -2.07. The molecule has 0 spiro atoms. The zero-order valence-corrected chi connectivity index (χ0v) is 11.4. The largest absolute Gasteiger partial charge is 0.310 e. The minimum Gasteiger partial charge on any atom is -0.310 e.